The highest BCUT2D eigenvalue weighted by Crippen LogP contribution is 2.26. The van der Waals surface area contributed by atoms with Crippen molar-refractivity contribution in [3.05, 3.63) is 135 Å². The molecule has 0 atom stereocenters. The first kappa shape index (κ1) is 25.5. The number of nitrogens with one attached hydrogen (secondary N) is 1. The number of nitrogens with zero attached hydrogens (tertiary/aromatic N) is 2. The van der Waals surface area contributed by atoms with E-state index in [4.69, 9.17) is 9.47 Å². The quantitative estimate of drug-likeness (QED) is 0.118. The van der Waals surface area contributed by atoms with E-state index in [2.05, 4.69) is 10.5 Å². The number of hydrogen-bond acceptors (Lipinski definition) is 8. The lowest BCUT2D eigenvalue weighted by Crippen LogP contribution is -2.17. The summed E-state index contributed by atoms with van der Waals surface area (Å²) >= 11 is 0. The van der Waals surface area contributed by atoms with E-state index >= 15 is 0 Å². The minimum absolute atomic E-state index is 0.0329. The second-order valence-corrected chi connectivity index (χ2v) is 7.71. The summed E-state index contributed by atoms with van der Waals surface area (Å²) in [6.07, 6.45) is 1.25. The van der Waals surface area contributed by atoms with Gasteiger partial charge in [-0.15, -0.1) is 0 Å². The fourth-order valence-corrected chi connectivity index (χ4v) is 3.21. The molecule has 4 rings (SSSR count). The summed E-state index contributed by atoms with van der Waals surface area (Å²) in [5.74, 6) is -1.69. The van der Waals surface area contributed by atoms with E-state index in [0.717, 1.165) is 0 Å². The number of ether oxygens (including phenoxy) is 2. The van der Waals surface area contributed by atoms with Crippen LogP contribution in [-0.2, 0) is 0 Å². The lowest BCUT2D eigenvalue weighted by atomic mass is 10.2. The molecule has 1 amide bonds. The molecule has 0 aliphatic rings. The highest BCUT2D eigenvalue weighted by molar-refractivity contribution is 5.96. The zero-order valence-corrected chi connectivity index (χ0v) is 19.6. The molecular formula is C28H19N3O7. The molecule has 0 aliphatic carbocycles. The topological polar surface area (TPSA) is 137 Å². The molecule has 0 saturated carbocycles. The van der Waals surface area contributed by atoms with Gasteiger partial charge in [0.2, 0.25) is 0 Å². The third kappa shape index (κ3) is 6.52. The van der Waals surface area contributed by atoms with Crippen LogP contribution in [0.4, 0.5) is 5.69 Å². The standard InChI is InChI=1S/C28H19N3O7/c32-26(19-11-14-23(15-12-19)31(35)36)30-29-18-22-13-16-24(37-27(33)20-7-3-1-4-8-20)17-25(22)38-28(34)21-9-5-2-6-10-21/h1-18H,(H,30,32). The summed E-state index contributed by atoms with van der Waals surface area (Å²) in [6, 6.07) is 26.0. The van der Waals surface area contributed by atoms with Gasteiger partial charge in [0.05, 0.1) is 22.3 Å². The van der Waals surface area contributed by atoms with Crippen LogP contribution in [0.5, 0.6) is 11.5 Å². The monoisotopic (exact) mass is 509 g/mol. The maximum absolute atomic E-state index is 12.7. The van der Waals surface area contributed by atoms with Crippen molar-refractivity contribution in [3.8, 4) is 11.5 Å². The number of carbonyl (C=O) groups excluding carboxylic acids is 3. The summed E-state index contributed by atoms with van der Waals surface area (Å²) in [4.78, 5) is 47.7. The Kier molecular flexibility index (Phi) is 7.95. The van der Waals surface area contributed by atoms with E-state index in [-0.39, 0.29) is 22.7 Å². The number of nitro groups is 1. The number of hydrogen-bond donors (Lipinski definition) is 1. The van der Waals surface area contributed by atoms with E-state index in [1.54, 1.807) is 60.7 Å². The van der Waals surface area contributed by atoms with Gasteiger partial charge in [-0.3, -0.25) is 14.9 Å². The molecule has 0 fully saturated rings. The summed E-state index contributed by atoms with van der Waals surface area (Å²) in [7, 11) is 0. The molecule has 1 N–H and O–H groups in total. The minimum atomic E-state index is -0.651. The molecule has 0 heterocycles. The first-order chi connectivity index (χ1) is 18.4. The van der Waals surface area contributed by atoms with E-state index in [1.165, 1.54) is 48.7 Å². The van der Waals surface area contributed by atoms with Crippen LogP contribution in [0.2, 0.25) is 0 Å². The molecule has 0 aromatic heterocycles. The van der Waals surface area contributed by atoms with Crippen LogP contribution >= 0.6 is 0 Å². The largest absolute Gasteiger partial charge is 0.423 e. The molecule has 10 heteroatoms. The number of rotatable bonds is 8. The third-order valence-corrected chi connectivity index (χ3v) is 5.13. The van der Waals surface area contributed by atoms with Crippen molar-refractivity contribution < 1.29 is 28.8 Å². The number of hydrazone groups is 1. The first-order valence-corrected chi connectivity index (χ1v) is 11.2. The normalized spacial score (nSPS) is 10.5. The van der Waals surface area contributed by atoms with Crippen molar-refractivity contribution in [1.29, 1.82) is 0 Å². The predicted molar refractivity (Wildman–Crippen MR) is 137 cm³/mol. The van der Waals surface area contributed by atoms with Crippen LogP contribution in [0.15, 0.2) is 108 Å². The molecule has 4 aromatic rings. The Morgan fingerprint density at radius 2 is 1.32 bits per heavy atom. The van der Waals surface area contributed by atoms with Crippen LogP contribution in [0.1, 0.15) is 36.6 Å². The van der Waals surface area contributed by atoms with Crippen molar-refractivity contribution in [2.24, 2.45) is 5.10 Å². The number of benzene rings is 4. The number of non-ortho nitro benzene ring substituents is 1. The Bertz CT molecular complexity index is 1500. The average Bonchev–Trinajstić information content (AvgIpc) is 2.95. The molecule has 0 saturated heterocycles. The van der Waals surface area contributed by atoms with Gasteiger partial charge in [-0.1, -0.05) is 36.4 Å². The molecule has 0 radical (unpaired) electrons. The van der Waals surface area contributed by atoms with Crippen molar-refractivity contribution in [2.75, 3.05) is 0 Å². The van der Waals surface area contributed by atoms with E-state index in [0.29, 0.717) is 16.7 Å². The number of esters is 2. The van der Waals surface area contributed by atoms with Crippen LogP contribution in [0.25, 0.3) is 0 Å². The summed E-state index contributed by atoms with van der Waals surface area (Å²) in [5, 5.41) is 14.7. The van der Waals surface area contributed by atoms with Gasteiger partial charge in [0.15, 0.2) is 0 Å². The highest BCUT2D eigenvalue weighted by atomic mass is 16.6. The molecular weight excluding hydrogens is 490 g/mol. The Morgan fingerprint density at radius 3 is 1.89 bits per heavy atom. The van der Waals surface area contributed by atoms with Gasteiger partial charge in [-0.25, -0.2) is 15.0 Å². The van der Waals surface area contributed by atoms with E-state index < -0.39 is 22.8 Å². The Balaban J connectivity index is 1.54. The number of carbonyl (C=O) groups is 3. The number of amides is 1. The average molecular weight is 509 g/mol. The fraction of sp³-hybridized carbons (Fsp3) is 0. The second-order valence-electron chi connectivity index (χ2n) is 7.71. The Labute approximate surface area is 216 Å². The van der Waals surface area contributed by atoms with Crippen molar-refractivity contribution in [1.82, 2.24) is 5.43 Å². The van der Waals surface area contributed by atoms with Gasteiger partial charge in [0.25, 0.3) is 11.6 Å². The molecule has 10 nitrogen and oxygen atoms in total. The third-order valence-electron chi connectivity index (χ3n) is 5.13. The van der Waals surface area contributed by atoms with Crippen LogP contribution in [0.3, 0.4) is 0 Å². The molecule has 0 unspecified atom stereocenters. The number of nitro benzene ring substituents is 1. The summed E-state index contributed by atoms with van der Waals surface area (Å²) < 4.78 is 11.0. The lowest BCUT2D eigenvalue weighted by molar-refractivity contribution is -0.384. The SMILES string of the molecule is O=C(NN=Cc1ccc(OC(=O)c2ccccc2)cc1OC(=O)c1ccccc1)c1ccc([N+](=O)[O-])cc1. The molecule has 188 valence electrons. The van der Waals surface area contributed by atoms with Crippen LogP contribution in [-0.4, -0.2) is 29.0 Å². The minimum Gasteiger partial charge on any atom is -0.423 e. The first-order valence-electron chi connectivity index (χ1n) is 11.2. The van der Waals surface area contributed by atoms with Gasteiger partial charge in [-0.05, 0) is 48.5 Å². The lowest BCUT2D eigenvalue weighted by Gasteiger charge is -2.10. The predicted octanol–water partition coefficient (Wildman–Crippen LogP) is 4.80. The molecule has 38 heavy (non-hydrogen) atoms. The Morgan fingerprint density at radius 1 is 0.737 bits per heavy atom. The maximum atomic E-state index is 12.7. The molecule has 0 bridgehead atoms. The molecule has 4 aromatic carbocycles. The van der Waals surface area contributed by atoms with Crippen LogP contribution < -0.4 is 14.9 Å². The fourth-order valence-electron chi connectivity index (χ4n) is 3.21. The second kappa shape index (κ2) is 11.9. The van der Waals surface area contributed by atoms with Gasteiger partial charge >= 0.3 is 11.9 Å². The zero-order valence-electron chi connectivity index (χ0n) is 19.6. The van der Waals surface area contributed by atoms with E-state index in [9.17, 15) is 24.5 Å². The van der Waals surface area contributed by atoms with Crippen LogP contribution in [0, 0.1) is 10.1 Å². The smallest absolute Gasteiger partial charge is 0.343 e. The van der Waals surface area contributed by atoms with Gasteiger partial charge in [0.1, 0.15) is 11.5 Å². The molecule has 0 spiro atoms. The van der Waals surface area contributed by atoms with Crippen molar-refractivity contribution in [3.63, 3.8) is 0 Å². The maximum Gasteiger partial charge on any atom is 0.343 e. The van der Waals surface area contributed by atoms with Gasteiger partial charge in [0, 0.05) is 29.3 Å². The van der Waals surface area contributed by atoms with Crippen molar-refractivity contribution >= 4 is 29.7 Å². The highest BCUT2D eigenvalue weighted by Gasteiger charge is 2.15. The Hall–Kier alpha value is -5.64. The summed E-state index contributed by atoms with van der Waals surface area (Å²) in [5.41, 5.74) is 3.27. The van der Waals surface area contributed by atoms with Crippen molar-refractivity contribution in [2.45, 2.75) is 0 Å². The van der Waals surface area contributed by atoms with Gasteiger partial charge in [-0.2, -0.15) is 5.10 Å². The van der Waals surface area contributed by atoms with Gasteiger partial charge < -0.3 is 9.47 Å². The molecule has 0 aliphatic heterocycles. The summed E-state index contributed by atoms with van der Waals surface area (Å²) in [6.45, 7) is 0. The van der Waals surface area contributed by atoms with E-state index in [1.807, 2.05) is 0 Å². The zero-order chi connectivity index (χ0) is 26.9.